The second kappa shape index (κ2) is 7.20. The van der Waals surface area contributed by atoms with Gasteiger partial charge in [-0.15, -0.1) is 0 Å². The Bertz CT molecular complexity index is 496. The van der Waals surface area contributed by atoms with Gasteiger partial charge in [0, 0.05) is 5.92 Å². The van der Waals surface area contributed by atoms with Gasteiger partial charge in [-0.3, -0.25) is 4.55 Å². The molecule has 1 aliphatic carbocycles. The van der Waals surface area contributed by atoms with Crippen molar-refractivity contribution in [2.45, 2.75) is 4.75 Å². The summed E-state index contributed by atoms with van der Waals surface area (Å²) in [5.74, 6) is -6.22. The molecule has 1 aliphatic rings. The van der Waals surface area contributed by atoms with Gasteiger partial charge in [-0.1, -0.05) is 24.3 Å². The molecule has 0 saturated heterocycles. The molecule has 0 amide bonds. The predicted molar refractivity (Wildman–Crippen MR) is 46.1 cm³/mol. The third kappa shape index (κ3) is 3.45. The minimum atomic E-state index is -5.20. The molecule has 88 valence electrons. The molecule has 0 heterocycles. The number of carboxylic acid groups (broad SMARTS) is 2. The van der Waals surface area contributed by atoms with Crippen LogP contribution in [0.2, 0.25) is 0 Å². The summed E-state index contributed by atoms with van der Waals surface area (Å²) in [5.41, 5.74) is 0. The van der Waals surface area contributed by atoms with E-state index in [9.17, 15) is 28.2 Å². The van der Waals surface area contributed by atoms with Gasteiger partial charge in [0.25, 0.3) is 10.1 Å². The molecule has 0 saturated carbocycles. The summed E-state index contributed by atoms with van der Waals surface area (Å²) >= 11 is 0. The standard InChI is InChI=1S/C8H8O7S.2Na/c9-6(10)5-3-1-2-4-8(5,7(11)12)16(13,14)15;;/h1-5H,(H,9,10)(H,11,12)(H,13,14,15);;/q;2*+1/p-2. The maximum Gasteiger partial charge on any atom is 1.00 e. The SMILES string of the molecule is O=C([O-])C1C=CC=CC1(C(=O)[O-])S(=O)(=O)O.[Na+].[Na+]. The first-order chi connectivity index (χ1) is 7.23. The Morgan fingerprint density at radius 2 is 1.67 bits per heavy atom. The maximum atomic E-state index is 11.0. The normalized spacial score (nSPS) is 25.7. The van der Waals surface area contributed by atoms with Gasteiger partial charge >= 0.3 is 59.1 Å². The van der Waals surface area contributed by atoms with Crippen LogP contribution < -0.4 is 69.3 Å². The molecule has 0 aromatic rings. The Morgan fingerprint density at radius 1 is 1.17 bits per heavy atom. The third-order valence-corrected chi connectivity index (χ3v) is 3.63. The maximum absolute atomic E-state index is 11.0. The number of hydrogen-bond donors (Lipinski definition) is 1. The smallest absolute Gasteiger partial charge is 0.549 e. The summed E-state index contributed by atoms with van der Waals surface area (Å²) in [4.78, 5) is 21.5. The average Bonchev–Trinajstić information content (AvgIpc) is 2.15. The van der Waals surface area contributed by atoms with Crippen LogP contribution in [0.5, 0.6) is 0 Å². The second-order valence-electron chi connectivity index (χ2n) is 3.10. The Kier molecular flexibility index (Phi) is 8.26. The van der Waals surface area contributed by atoms with Crippen molar-refractivity contribution in [1.82, 2.24) is 0 Å². The van der Waals surface area contributed by atoms with Crippen molar-refractivity contribution < 1.29 is 91.9 Å². The Morgan fingerprint density at radius 3 is 1.94 bits per heavy atom. The molecule has 0 aromatic carbocycles. The molecule has 0 radical (unpaired) electrons. The summed E-state index contributed by atoms with van der Waals surface area (Å²) in [6.45, 7) is 0. The fourth-order valence-corrected chi connectivity index (χ4v) is 2.38. The van der Waals surface area contributed by atoms with E-state index in [4.69, 9.17) is 4.55 Å². The zero-order chi connectivity index (χ0) is 12.6. The zero-order valence-electron chi connectivity index (χ0n) is 9.69. The molecule has 2 unspecified atom stereocenters. The minimum absolute atomic E-state index is 0. The number of allylic oxidation sites excluding steroid dienone is 2. The van der Waals surface area contributed by atoms with Crippen molar-refractivity contribution in [3.63, 3.8) is 0 Å². The van der Waals surface area contributed by atoms with Gasteiger partial charge in [0.05, 0.1) is 11.9 Å². The van der Waals surface area contributed by atoms with Crippen molar-refractivity contribution in [3.8, 4) is 0 Å². The van der Waals surface area contributed by atoms with Crippen LogP contribution in [0.15, 0.2) is 24.3 Å². The van der Waals surface area contributed by atoms with E-state index in [1.54, 1.807) is 0 Å². The molecular weight excluding hydrogens is 286 g/mol. The van der Waals surface area contributed by atoms with E-state index < -0.39 is 32.7 Å². The molecule has 1 rings (SSSR count). The van der Waals surface area contributed by atoms with Crippen molar-refractivity contribution in [3.05, 3.63) is 24.3 Å². The second-order valence-corrected chi connectivity index (χ2v) is 4.72. The summed E-state index contributed by atoms with van der Waals surface area (Å²) < 4.78 is 27.9. The van der Waals surface area contributed by atoms with E-state index in [1.807, 2.05) is 0 Å². The fraction of sp³-hybridized carbons (Fsp3) is 0.250. The first kappa shape index (κ1) is 20.6. The van der Waals surface area contributed by atoms with Crippen molar-refractivity contribution in [2.24, 2.45) is 5.92 Å². The van der Waals surface area contributed by atoms with E-state index >= 15 is 0 Å². The van der Waals surface area contributed by atoms with Gasteiger partial charge in [0.15, 0.2) is 4.75 Å². The number of carboxylic acids is 2. The van der Waals surface area contributed by atoms with Crippen molar-refractivity contribution >= 4 is 22.1 Å². The zero-order valence-corrected chi connectivity index (χ0v) is 14.5. The number of hydrogen-bond acceptors (Lipinski definition) is 6. The van der Waals surface area contributed by atoms with Gasteiger partial charge < -0.3 is 19.8 Å². The fourth-order valence-electron chi connectivity index (χ4n) is 1.42. The molecule has 1 N–H and O–H groups in total. The molecule has 2 atom stereocenters. The van der Waals surface area contributed by atoms with E-state index in [0.717, 1.165) is 18.2 Å². The molecule has 0 spiro atoms. The number of carbonyl (C=O) groups is 2. The summed E-state index contributed by atoms with van der Waals surface area (Å²) in [6.07, 6.45) is 3.45. The van der Waals surface area contributed by atoms with Crippen LogP contribution >= 0.6 is 0 Å². The van der Waals surface area contributed by atoms with Crippen LogP contribution in [0.3, 0.4) is 0 Å². The van der Waals surface area contributed by atoms with Crippen LogP contribution in [0.25, 0.3) is 0 Å². The Hall–Kier alpha value is 0.330. The molecule has 10 heteroatoms. The molecule has 0 bridgehead atoms. The molecule has 18 heavy (non-hydrogen) atoms. The molecular formula is C8H6Na2O7S. The Balaban J connectivity index is 0. The van der Waals surface area contributed by atoms with Crippen molar-refractivity contribution in [1.29, 1.82) is 0 Å². The largest absolute Gasteiger partial charge is 1.00 e. The minimum Gasteiger partial charge on any atom is -0.549 e. The van der Waals surface area contributed by atoms with Gasteiger partial charge in [0.2, 0.25) is 0 Å². The van der Waals surface area contributed by atoms with E-state index in [2.05, 4.69) is 0 Å². The third-order valence-electron chi connectivity index (χ3n) is 2.22. The van der Waals surface area contributed by atoms with Gasteiger partial charge in [-0.05, 0) is 0 Å². The first-order valence-corrected chi connectivity index (χ1v) is 5.43. The van der Waals surface area contributed by atoms with E-state index in [-0.39, 0.29) is 59.1 Å². The summed E-state index contributed by atoms with van der Waals surface area (Å²) in [5, 5.41) is 21.5. The summed E-state index contributed by atoms with van der Waals surface area (Å²) in [7, 11) is -5.20. The topological polar surface area (TPSA) is 135 Å². The van der Waals surface area contributed by atoms with Gasteiger partial charge in [-0.25, -0.2) is 0 Å². The van der Waals surface area contributed by atoms with Gasteiger partial charge in [-0.2, -0.15) is 8.42 Å². The average molecular weight is 292 g/mol. The number of carbonyl (C=O) groups excluding carboxylic acids is 2. The number of rotatable bonds is 3. The first-order valence-electron chi connectivity index (χ1n) is 3.99. The van der Waals surface area contributed by atoms with Crippen LogP contribution in [-0.4, -0.2) is 29.7 Å². The quantitative estimate of drug-likeness (QED) is 0.403. The van der Waals surface area contributed by atoms with Crippen LogP contribution in [0.4, 0.5) is 0 Å². The monoisotopic (exact) mass is 292 g/mol. The molecule has 7 nitrogen and oxygen atoms in total. The van der Waals surface area contributed by atoms with E-state index in [1.165, 1.54) is 0 Å². The van der Waals surface area contributed by atoms with Gasteiger partial charge in [0.1, 0.15) is 0 Å². The van der Waals surface area contributed by atoms with Crippen LogP contribution in [-0.2, 0) is 19.7 Å². The summed E-state index contributed by atoms with van der Waals surface area (Å²) in [6, 6.07) is 0. The predicted octanol–water partition coefficient (Wildman–Crippen LogP) is -9.14. The molecule has 0 aromatic heterocycles. The number of aliphatic carboxylic acids is 2. The van der Waals surface area contributed by atoms with Crippen LogP contribution in [0.1, 0.15) is 0 Å². The Labute approximate surface area is 147 Å². The molecule has 0 fully saturated rings. The van der Waals surface area contributed by atoms with Crippen molar-refractivity contribution in [2.75, 3.05) is 0 Å². The van der Waals surface area contributed by atoms with Crippen LogP contribution in [0, 0.1) is 5.92 Å². The molecule has 0 aliphatic heterocycles. The van der Waals surface area contributed by atoms with E-state index in [0.29, 0.717) is 6.08 Å².